The number of nitrogens with two attached hydrogens (primary N) is 1. The number of rotatable bonds is 4. The van der Waals surface area contributed by atoms with Crippen LogP contribution in [0.5, 0.6) is 0 Å². The Hall–Kier alpha value is -1.43. The topological polar surface area (TPSA) is 75.9 Å². The predicted molar refractivity (Wildman–Crippen MR) is 64.9 cm³/mol. The van der Waals surface area contributed by atoms with Crippen LogP contribution < -0.4 is 16.6 Å². The lowest BCUT2D eigenvalue weighted by Crippen LogP contribution is -2.19. The smallest absolute Gasteiger partial charge is 0.239 e. The molecule has 17 heavy (non-hydrogen) atoms. The SMILES string of the molecule is NNc1ncc(F)c(NCC2CCCCC2)n1. The number of aromatic nitrogens is 2. The molecule has 4 N–H and O–H groups in total. The van der Waals surface area contributed by atoms with Gasteiger partial charge in [-0.25, -0.2) is 15.2 Å². The molecule has 6 heteroatoms. The predicted octanol–water partition coefficient (Wildman–Crippen LogP) is 1.89. The van der Waals surface area contributed by atoms with Gasteiger partial charge < -0.3 is 5.32 Å². The van der Waals surface area contributed by atoms with Crippen molar-refractivity contribution in [2.45, 2.75) is 32.1 Å². The van der Waals surface area contributed by atoms with Crippen molar-refractivity contribution in [1.82, 2.24) is 9.97 Å². The fourth-order valence-electron chi connectivity index (χ4n) is 2.19. The summed E-state index contributed by atoms with van der Waals surface area (Å²) in [5.41, 5.74) is 2.30. The van der Waals surface area contributed by atoms with Crippen LogP contribution in [0.3, 0.4) is 0 Å². The molecule has 0 aromatic carbocycles. The molecule has 0 saturated heterocycles. The molecular formula is C11H18FN5. The number of hydrogen-bond acceptors (Lipinski definition) is 5. The molecule has 0 bridgehead atoms. The molecule has 0 unspecified atom stereocenters. The van der Waals surface area contributed by atoms with E-state index in [1.54, 1.807) is 0 Å². The largest absolute Gasteiger partial charge is 0.367 e. The van der Waals surface area contributed by atoms with E-state index in [0.29, 0.717) is 5.92 Å². The summed E-state index contributed by atoms with van der Waals surface area (Å²) in [6, 6.07) is 0. The summed E-state index contributed by atoms with van der Waals surface area (Å²) < 4.78 is 13.4. The van der Waals surface area contributed by atoms with Crippen molar-refractivity contribution >= 4 is 11.8 Å². The average molecular weight is 239 g/mol. The summed E-state index contributed by atoms with van der Waals surface area (Å²) in [6.45, 7) is 0.762. The van der Waals surface area contributed by atoms with E-state index < -0.39 is 5.82 Å². The Kier molecular flexibility index (Phi) is 4.08. The van der Waals surface area contributed by atoms with Gasteiger partial charge in [-0.05, 0) is 18.8 Å². The van der Waals surface area contributed by atoms with Crippen molar-refractivity contribution in [2.75, 3.05) is 17.3 Å². The molecule has 1 fully saturated rings. The van der Waals surface area contributed by atoms with Crippen molar-refractivity contribution in [3.05, 3.63) is 12.0 Å². The number of nitrogens with one attached hydrogen (secondary N) is 2. The van der Waals surface area contributed by atoms with Crippen LogP contribution in [0.1, 0.15) is 32.1 Å². The summed E-state index contributed by atoms with van der Waals surface area (Å²) in [6.07, 6.45) is 7.40. The van der Waals surface area contributed by atoms with Crippen LogP contribution in [-0.4, -0.2) is 16.5 Å². The highest BCUT2D eigenvalue weighted by atomic mass is 19.1. The number of hydrogen-bond donors (Lipinski definition) is 3. The maximum atomic E-state index is 13.4. The monoisotopic (exact) mass is 239 g/mol. The standard InChI is InChI=1S/C11H18FN5/c12-9-7-15-11(17-13)16-10(9)14-6-8-4-2-1-3-5-8/h7-8H,1-6,13H2,(H2,14,15,16,17). The Bertz CT molecular complexity index is 365. The first-order valence-corrected chi connectivity index (χ1v) is 6.02. The number of halogens is 1. The highest BCUT2D eigenvalue weighted by Gasteiger charge is 2.14. The summed E-state index contributed by atoms with van der Waals surface area (Å²) in [7, 11) is 0. The zero-order valence-corrected chi connectivity index (χ0v) is 9.75. The van der Waals surface area contributed by atoms with Gasteiger partial charge in [0, 0.05) is 6.54 Å². The van der Waals surface area contributed by atoms with E-state index in [0.717, 1.165) is 12.7 Å². The Balaban J connectivity index is 1.92. The van der Waals surface area contributed by atoms with Gasteiger partial charge in [0.25, 0.3) is 0 Å². The molecule has 0 aliphatic heterocycles. The van der Waals surface area contributed by atoms with Crippen LogP contribution in [0.25, 0.3) is 0 Å². The third kappa shape index (κ3) is 3.26. The van der Waals surface area contributed by atoms with Gasteiger partial charge in [-0.1, -0.05) is 19.3 Å². The minimum atomic E-state index is -0.445. The Labute approximate surface area is 100.0 Å². The summed E-state index contributed by atoms with van der Waals surface area (Å²) >= 11 is 0. The molecule has 0 atom stereocenters. The van der Waals surface area contributed by atoms with Gasteiger partial charge in [0.05, 0.1) is 6.20 Å². The van der Waals surface area contributed by atoms with Crippen molar-refractivity contribution in [3.8, 4) is 0 Å². The Morgan fingerprint density at radius 3 is 2.82 bits per heavy atom. The molecule has 1 aliphatic rings. The minimum absolute atomic E-state index is 0.220. The van der Waals surface area contributed by atoms with E-state index in [1.807, 2.05) is 0 Å². The lowest BCUT2D eigenvalue weighted by atomic mass is 9.89. The summed E-state index contributed by atoms with van der Waals surface area (Å²) in [4.78, 5) is 7.63. The number of hydrazine groups is 1. The number of nitrogen functional groups attached to an aromatic ring is 1. The normalized spacial score (nSPS) is 16.8. The second-order valence-electron chi connectivity index (χ2n) is 4.42. The first-order chi connectivity index (χ1) is 8.29. The van der Waals surface area contributed by atoms with Crippen LogP contribution in [0, 0.1) is 11.7 Å². The third-order valence-corrected chi connectivity index (χ3v) is 3.16. The van der Waals surface area contributed by atoms with Gasteiger partial charge in [-0.3, -0.25) is 5.43 Å². The zero-order chi connectivity index (χ0) is 12.1. The molecule has 5 nitrogen and oxygen atoms in total. The molecule has 0 spiro atoms. The molecule has 1 heterocycles. The molecule has 1 aromatic rings. The van der Waals surface area contributed by atoms with Crippen LogP contribution in [0.2, 0.25) is 0 Å². The van der Waals surface area contributed by atoms with E-state index >= 15 is 0 Å². The van der Waals surface area contributed by atoms with E-state index in [9.17, 15) is 4.39 Å². The maximum absolute atomic E-state index is 13.4. The quantitative estimate of drug-likeness (QED) is 0.552. The van der Waals surface area contributed by atoms with Gasteiger partial charge in [0.1, 0.15) is 0 Å². The molecule has 2 rings (SSSR count). The fraction of sp³-hybridized carbons (Fsp3) is 0.636. The van der Waals surface area contributed by atoms with Crippen LogP contribution >= 0.6 is 0 Å². The van der Waals surface area contributed by atoms with E-state index in [4.69, 9.17) is 5.84 Å². The van der Waals surface area contributed by atoms with Crippen LogP contribution in [0.15, 0.2) is 6.20 Å². The minimum Gasteiger partial charge on any atom is -0.367 e. The lowest BCUT2D eigenvalue weighted by molar-refractivity contribution is 0.373. The fourth-order valence-corrected chi connectivity index (χ4v) is 2.19. The Morgan fingerprint density at radius 2 is 2.12 bits per heavy atom. The van der Waals surface area contributed by atoms with E-state index in [-0.39, 0.29) is 11.8 Å². The summed E-state index contributed by atoms with van der Waals surface area (Å²) in [5, 5.41) is 3.04. The van der Waals surface area contributed by atoms with Crippen molar-refractivity contribution < 1.29 is 4.39 Å². The second-order valence-corrected chi connectivity index (χ2v) is 4.42. The zero-order valence-electron chi connectivity index (χ0n) is 9.75. The first-order valence-electron chi connectivity index (χ1n) is 6.02. The van der Waals surface area contributed by atoms with E-state index in [1.165, 1.54) is 32.1 Å². The maximum Gasteiger partial charge on any atom is 0.239 e. The van der Waals surface area contributed by atoms with Gasteiger partial charge in [-0.2, -0.15) is 4.98 Å². The average Bonchev–Trinajstić information content (AvgIpc) is 2.39. The number of anilines is 2. The molecule has 1 aromatic heterocycles. The van der Waals surface area contributed by atoms with Crippen molar-refractivity contribution in [2.24, 2.45) is 11.8 Å². The molecule has 0 radical (unpaired) electrons. The highest BCUT2D eigenvalue weighted by Crippen LogP contribution is 2.24. The molecule has 0 amide bonds. The Morgan fingerprint density at radius 1 is 1.35 bits per heavy atom. The molecule has 1 aliphatic carbocycles. The molecule has 94 valence electrons. The van der Waals surface area contributed by atoms with Crippen molar-refractivity contribution in [1.29, 1.82) is 0 Å². The first kappa shape index (κ1) is 12.0. The lowest BCUT2D eigenvalue weighted by Gasteiger charge is -2.22. The van der Waals surface area contributed by atoms with Gasteiger partial charge in [-0.15, -0.1) is 0 Å². The van der Waals surface area contributed by atoms with Crippen molar-refractivity contribution in [3.63, 3.8) is 0 Å². The highest BCUT2D eigenvalue weighted by molar-refractivity contribution is 5.40. The molecular weight excluding hydrogens is 221 g/mol. The van der Waals surface area contributed by atoms with Crippen LogP contribution in [-0.2, 0) is 0 Å². The van der Waals surface area contributed by atoms with E-state index in [2.05, 4.69) is 20.7 Å². The third-order valence-electron chi connectivity index (χ3n) is 3.16. The number of nitrogens with zero attached hydrogens (tertiary/aromatic N) is 2. The van der Waals surface area contributed by atoms with Gasteiger partial charge in [0.15, 0.2) is 11.6 Å². The van der Waals surface area contributed by atoms with Gasteiger partial charge in [0.2, 0.25) is 5.95 Å². The van der Waals surface area contributed by atoms with Gasteiger partial charge >= 0.3 is 0 Å². The van der Waals surface area contributed by atoms with Crippen LogP contribution in [0.4, 0.5) is 16.2 Å². The summed E-state index contributed by atoms with van der Waals surface area (Å²) in [5.74, 6) is 5.80. The second kappa shape index (κ2) is 5.77. The molecule has 1 saturated carbocycles.